The predicted octanol–water partition coefficient (Wildman–Crippen LogP) is 0.891. The largest absolute Gasteiger partial charge is 0.380 e. The van der Waals surface area contributed by atoms with Gasteiger partial charge in [0.25, 0.3) is 0 Å². The minimum Gasteiger partial charge on any atom is -0.380 e. The van der Waals surface area contributed by atoms with Crippen LogP contribution in [0, 0.1) is 5.92 Å². The Kier molecular flexibility index (Phi) is 3.53. The monoisotopic (exact) mass is 171 g/mol. The van der Waals surface area contributed by atoms with E-state index < -0.39 is 0 Å². The van der Waals surface area contributed by atoms with E-state index in [1.54, 1.807) is 4.90 Å². The molecule has 12 heavy (non-hydrogen) atoms. The number of nitrogens with zero attached hydrogens (tertiary/aromatic N) is 1. The molecule has 3 nitrogen and oxygen atoms in total. The van der Waals surface area contributed by atoms with E-state index in [2.05, 4.69) is 0 Å². The summed E-state index contributed by atoms with van der Waals surface area (Å²) < 4.78 is 5.16. The van der Waals surface area contributed by atoms with E-state index >= 15 is 0 Å². The van der Waals surface area contributed by atoms with Gasteiger partial charge in [0.05, 0.1) is 6.61 Å². The molecule has 1 aliphatic carbocycles. The van der Waals surface area contributed by atoms with Crippen molar-refractivity contribution in [1.29, 1.82) is 0 Å². The van der Waals surface area contributed by atoms with Crippen molar-refractivity contribution in [2.75, 3.05) is 26.8 Å². The molecular formula is C9H17NO2. The van der Waals surface area contributed by atoms with Crippen molar-refractivity contribution < 1.29 is 9.53 Å². The van der Waals surface area contributed by atoms with Crippen molar-refractivity contribution in [2.45, 2.75) is 19.8 Å². The van der Waals surface area contributed by atoms with Gasteiger partial charge in [0.1, 0.15) is 0 Å². The van der Waals surface area contributed by atoms with Gasteiger partial charge in [-0.2, -0.15) is 0 Å². The van der Waals surface area contributed by atoms with Gasteiger partial charge in [-0.25, -0.2) is 0 Å². The molecule has 0 aromatic heterocycles. The number of carbonyl (C=O) groups is 1. The van der Waals surface area contributed by atoms with Crippen LogP contribution in [0.1, 0.15) is 19.8 Å². The summed E-state index contributed by atoms with van der Waals surface area (Å²) in [7, 11) is 1.85. The first-order valence-electron chi connectivity index (χ1n) is 4.58. The summed E-state index contributed by atoms with van der Waals surface area (Å²) in [5, 5.41) is 0. The molecule has 0 radical (unpaired) electrons. The Morgan fingerprint density at radius 1 is 1.58 bits per heavy atom. The van der Waals surface area contributed by atoms with Gasteiger partial charge >= 0.3 is 0 Å². The number of likely N-dealkylation sites (N-methyl/N-ethyl adjacent to an activating group) is 1. The molecule has 1 fully saturated rings. The second-order valence-electron chi connectivity index (χ2n) is 3.23. The van der Waals surface area contributed by atoms with E-state index in [0.29, 0.717) is 12.5 Å². The van der Waals surface area contributed by atoms with Crippen LogP contribution in [-0.2, 0) is 9.53 Å². The van der Waals surface area contributed by atoms with Crippen LogP contribution in [0.3, 0.4) is 0 Å². The second kappa shape index (κ2) is 4.45. The maximum Gasteiger partial charge on any atom is 0.225 e. The third-order valence-electron chi connectivity index (χ3n) is 2.08. The molecule has 1 amide bonds. The minimum atomic E-state index is 0.287. The van der Waals surface area contributed by atoms with E-state index in [0.717, 1.165) is 26.0 Å². The smallest absolute Gasteiger partial charge is 0.225 e. The maximum atomic E-state index is 11.4. The Balaban J connectivity index is 2.09. The molecule has 0 heterocycles. The highest BCUT2D eigenvalue weighted by atomic mass is 16.5. The molecule has 0 bridgehead atoms. The van der Waals surface area contributed by atoms with Crippen LogP contribution in [-0.4, -0.2) is 37.6 Å². The minimum absolute atomic E-state index is 0.287. The SMILES string of the molecule is CCOCCN(C)C(=O)C1CC1. The summed E-state index contributed by atoms with van der Waals surface area (Å²) in [4.78, 5) is 13.1. The van der Waals surface area contributed by atoms with Crippen molar-refractivity contribution in [2.24, 2.45) is 5.92 Å². The lowest BCUT2D eigenvalue weighted by atomic mass is 10.3. The van der Waals surface area contributed by atoms with E-state index in [9.17, 15) is 4.79 Å². The Hall–Kier alpha value is -0.570. The quantitative estimate of drug-likeness (QED) is 0.575. The van der Waals surface area contributed by atoms with Gasteiger partial charge in [-0.3, -0.25) is 4.79 Å². The fourth-order valence-corrected chi connectivity index (χ4v) is 1.10. The van der Waals surface area contributed by atoms with Gasteiger partial charge in [0.15, 0.2) is 0 Å². The molecule has 0 unspecified atom stereocenters. The standard InChI is InChI=1S/C9H17NO2/c1-3-12-7-6-10(2)9(11)8-4-5-8/h8H,3-7H2,1-2H3. The zero-order valence-corrected chi connectivity index (χ0v) is 7.88. The number of amides is 1. The molecule has 70 valence electrons. The van der Waals surface area contributed by atoms with Crippen LogP contribution in [0.2, 0.25) is 0 Å². The number of carbonyl (C=O) groups excluding carboxylic acids is 1. The summed E-state index contributed by atoms with van der Waals surface area (Å²) in [6.07, 6.45) is 2.16. The maximum absolute atomic E-state index is 11.4. The molecule has 0 aromatic rings. The van der Waals surface area contributed by atoms with Gasteiger partial charge in [0, 0.05) is 26.1 Å². The van der Waals surface area contributed by atoms with Crippen LogP contribution in [0.25, 0.3) is 0 Å². The van der Waals surface area contributed by atoms with Crippen molar-refractivity contribution in [1.82, 2.24) is 4.90 Å². The molecule has 0 atom stereocenters. The highest BCUT2D eigenvalue weighted by Crippen LogP contribution is 2.30. The van der Waals surface area contributed by atoms with Gasteiger partial charge in [0.2, 0.25) is 5.91 Å². The van der Waals surface area contributed by atoms with E-state index in [-0.39, 0.29) is 5.91 Å². The van der Waals surface area contributed by atoms with Gasteiger partial charge < -0.3 is 9.64 Å². The normalized spacial score (nSPS) is 16.2. The zero-order chi connectivity index (χ0) is 8.97. The molecule has 0 aliphatic heterocycles. The Labute approximate surface area is 73.7 Å². The summed E-state index contributed by atoms with van der Waals surface area (Å²) in [6, 6.07) is 0. The molecule has 1 saturated carbocycles. The van der Waals surface area contributed by atoms with Crippen molar-refractivity contribution >= 4 is 5.91 Å². The molecule has 0 N–H and O–H groups in total. The molecule has 1 rings (SSSR count). The summed E-state index contributed by atoms with van der Waals surface area (Å²) >= 11 is 0. The Morgan fingerprint density at radius 3 is 2.75 bits per heavy atom. The summed E-state index contributed by atoms with van der Waals surface area (Å²) in [6.45, 7) is 4.07. The van der Waals surface area contributed by atoms with Crippen LogP contribution in [0.5, 0.6) is 0 Å². The Bertz CT molecular complexity index is 155. The first kappa shape index (κ1) is 9.52. The number of rotatable bonds is 5. The molecule has 0 aromatic carbocycles. The predicted molar refractivity (Wildman–Crippen MR) is 46.9 cm³/mol. The van der Waals surface area contributed by atoms with Crippen molar-refractivity contribution in [3.63, 3.8) is 0 Å². The average molecular weight is 171 g/mol. The highest BCUT2D eigenvalue weighted by molar-refractivity contribution is 5.80. The fraction of sp³-hybridized carbons (Fsp3) is 0.889. The van der Waals surface area contributed by atoms with E-state index in [4.69, 9.17) is 4.74 Å². The molecular weight excluding hydrogens is 154 g/mol. The van der Waals surface area contributed by atoms with Gasteiger partial charge in [-0.15, -0.1) is 0 Å². The molecule has 0 saturated heterocycles. The first-order chi connectivity index (χ1) is 5.75. The molecule has 1 aliphatic rings. The Morgan fingerprint density at radius 2 is 2.25 bits per heavy atom. The number of hydrogen-bond donors (Lipinski definition) is 0. The molecule has 0 spiro atoms. The average Bonchev–Trinajstić information content (AvgIpc) is 2.86. The number of ether oxygens (including phenoxy) is 1. The molecule has 3 heteroatoms. The summed E-state index contributed by atoms with van der Waals surface area (Å²) in [5.41, 5.74) is 0. The van der Waals surface area contributed by atoms with E-state index in [1.165, 1.54) is 0 Å². The lowest BCUT2D eigenvalue weighted by molar-refractivity contribution is -0.131. The topological polar surface area (TPSA) is 29.5 Å². The van der Waals surface area contributed by atoms with Crippen molar-refractivity contribution in [3.8, 4) is 0 Å². The lowest BCUT2D eigenvalue weighted by Gasteiger charge is -2.16. The van der Waals surface area contributed by atoms with Gasteiger partial charge in [-0.1, -0.05) is 0 Å². The zero-order valence-electron chi connectivity index (χ0n) is 7.88. The van der Waals surface area contributed by atoms with Crippen molar-refractivity contribution in [3.05, 3.63) is 0 Å². The lowest BCUT2D eigenvalue weighted by Crippen LogP contribution is -2.31. The van der Waals surface area contributed by atoms with E-state index in [1.807, 2.05) is 14.0 Å². The van der Waals surface area contributed by atoms with Gasteiger partial charge in [-0.05, 0) is 19.8 Å². The second-order valence-corrected chi connectivity index (χ2v) is 3.23. The van der Waals surface area contributed by atoms with Crippen LogP contribution in [0.15, 0.2) is 0 Å². The van der Waals surface area contributed by atoms with Crippen LogP contribution >= 0.6 is 0 Å². The fourth-order valence-electron chi connectivity index (χ4n) is 1.10. The number of hydrogen-bond acceptors (Lipinski definition) is 2. The summed E-state index contributed by atoms with van der Waals surface area (Å²) in [5.74, 6) is 0.617. The van der Waals surface area contributed by atoms with Crippen LogP contribution < -0.4 is 0 Å². The third kappa shape index (κ3) is 2.81. The van der Waals surface area contributed by atoms with Crippen LogP contribution in [0.4, 0.5) is 0 Å². The first-order valence-corrected chi connectivity index (χ1v) is 4.58. The third-order valence-corrected chi connectivity index (χ3v) is 2.08. The highest BCUT2D eigenvalue weighted by Gasteiger charge is 2.31.